The number of ether oxygens (including phenoxy) is 3. The number of hydrogen-bond acceptors (Lipinski definition) is 7. The minimum Gasteiger partial charge on any atom is -0.507 e. The maximum atomic E-state index is 10.8. The van der Waals surface area contributed by atoms with Gasteiger partial charge < -0.3 is 25.1 Å². The minimum absolute atomic E-state index is 0.0877. The number of benzene rings is 2. The first-order valence-corrected chi connectivity index (χ1v) is 9.53. The van der Waals surface area contributed by atoms with E-state index in [1.54, 1.807) is 19.4 Å². The number of aromatic nitrogens is 2. The van der Waals surface area contributed by atoms with Crippen molar-refractivity contribution in [3.63, 3.8) is 0 Å². The summed E-state index contributed by atoms with van der Waals surface area (Å²) in [4.78, 5) is 8.67. The molecule has 150 valence electrons. The van der Waals surface area contributed by atoms with Gasteiger partial charge in [0.15, 0.2) is 11.5 Å². The summed E-state index contributed by atoms with van der Waals surface area (Å²) in [6.07, 6.45) is 3.33. The van der Waals surface area contributed by atoms with Crippen molar-refractivity contribution < 1.29 is 19.3 Å². The predicted molar refractivity (Wildman–Crippen MR) is 111 cm³/mol. The molecule has 0 saturated heterocycles. The van der Waals surface area contributed by atoms with Gasteiger partial charge in [-0.25, -0.2) is 9.97 Å². The van der Waals surface area contributed by atoms with E-state index in [1.807, 2.05) is 24.3 Å². The second-order valence-electron chi connectivity index (χ2n) is 6.78. The summed E-state index contributed by atoms with van der Waals surface area (Å²) >= 11 is 0. The number of fused-ring (bicyclic) bond motifs is 1. The Morgan fingerprint density at radius 1 is 1.14 bits per heavy atom. The van der Waals surface area contributed by atoms with E-state index in [0.717, 1.165) is 29.5 Å². The molecule has 0 aliphatic carbocycles. The van der Waals surface area contributed by atoms with Crippen molar-refractivity contribution in [1.29, 1.82) is 0 Å². The zero-order valence-electron chi connectivity index (χ0n) is 16.4. The third-order valence-electron chi connectivity index (χ3n) is 4.83. The van der Waals surface area contributed by atoms with Gasteiger partial charge >= 0.3 is 0 Å². The third kappa shape index (κ3) is 3.63. The predicted octanol–water partition coefficient (Wildman–Crippen LogP) is 3.83. The SMILES string of the molecule is CCCc1cc(OC)cc(O)c1-c1nc(N)ncc1-c1ccc2c(c1)OCCO2. The Bertz CT molecular complexity index is 1050. The Hall–Kier alpha value is -3.48. The molecule has 0 atom stereocenters. The number of anilines is 1. The summed E-state index contributed by atoms with van der Waals surface area (Å²) in [6, 6.07) is 9.19. The molecule has 7 heteroatoms. The average Bonchev–Trinajstić information content (AvgIpc) is 2.73. The quantitative estimate of drug-likeness (QED) is 0.679. The number of nitrogens with zero attached hydrogens (tertiary/aromatic N) is 2. The molecule has 0 amide bonds. The normalized spacial score (nSPS) is 12.6. The molecular weight excluding hydrogens is 370 g/mol. The first-order chi connectivity index (χ1) is 14.1. The Kier molecular flexibility index (Phi) is 5.12. The van der Waals surface area contributed by atoms with Gasteiger partial charge in [-0.15, -0.1) is 0 Å². The fraction of sp³-hybridized carbons (Fsp3) is 0.273. The molecule has 0 fully saturated rings. The molecule has 1 aliphatic heterocycles. The van der Waals surface area contributed by atoms with Crippen molar-refractivity contribution in [2.24, 2.45) is 0 Å². The zero-order chi connectivity index (χ0) is 20.4. The van der Waals surface area contributed by atoms with Crippen molar-refractivity contribution in [1.82, 2.24) is 9.97 Å². The van der Waals surface area contributed by atoms with Gasteiger partial charge in [-0.05, 0) is 35.7 Å². The van der Waals surface area contributed by atoms with Crippen LogP contribution in [0.4, 0.5) is 5.95 Å². The van der Waals surface area contributed by atoms with Gasteiger partial charge in [-0.2, -0.15) is 0 Å². The molecule has 0 radical (unpaired) electrons. The van der Waals surface area contributed by atoms with Crippen LogP contribution in [-0.2, 0) is 6.42 Å². The number of rotatable bonds is 5. The average molecular weight is 393 g/mol. The van der Waals surface area contributed by atoms with Crippen LogP contribution in [0.1, 0.15) is 18.9 Å². The number of phenols is 1. The van der Waals surface area contributed by atoms with Crippen molar-refractivity contribution in [2.75, 3.05) is 26.1 Å². The van der Waals surface area contributed by atoms with Gasteiger partial charge in [0.25, 0.3) is 0 Å². The molecule has 1 aromatic heterocycles. The second-order valence-corrected chi connectivity index (χ2v) is 6.78. The summed E-state index contributed by atoms with van der Waals surface area (Å²) in [5.41, 5.74) is 9.63. The Labute approximate surface area is 169 Å². The van der Waals surface area contributed by atoms with Gasteiger partial charge in [0.2, 0.25) is 5.95 Å². The molecule has 0 saturated carbocycles. The first-order valence-electron chi connectivity index (χ1n) is 9.53. The van der Waals surface area contributed by atoms with Crippen molar-refractivity contribution in [2.45, 2.75) is 19.8 Å². The van der Waals surface area contributed by atoms with Crippen LogP contribution in [0, 0.1) is 0 Å². The summed E-state index contributed by atoms with van der Waals surface area (Å²) < 4.78 is 16.7. The molecule has 3 aromatic rings. The number of aromatic hydroxyl groups is 1. The number of nitrogen functional groups attached to an aromatic ring is 1. The molecule has 7 nitrogen and oxygen atoms in total. The number of aryl methyl sites for hydroxylation is 1. The number of methoxy groups -OCH3 is 1. The lowest BCUT2D eigenvalue weighted by Gasteiger charge is -2.20. The number of phenolic OH excluding ortho intramolecular Hbond substituents is 1. The molecule has 3 N–H and O–H groups in total. The fourth-order valence-electron chi connectivity index (χ4n) is 3.52. The standard InChI is InChI=1S/C22H23N3O4/c1-3-4-14-9-15(27-2)11-17(26)20(14)21-16(12-24-22(23)25-21)13-5-6-18-19(10-13)29-8-7-28-18/h5-6,9-12,26H,3-4,7-8H2,1-2H3,(H2,23,24,25). The topological polar surface area (TPSA) is 99.7 Å². The van der Waals surface area contributed by atoms with Crippen LogP contribution >= 0.6 is 0 Å². The number of nitrogens with two attached hydrogens (primary N) is 1. The minimum atomic E-state index is 0.0877. The van der Waals surface area contributed by atoms with E-state index in [2.05, 4.69) is 16.9 Å². The molecule has 0 bridgehead atoms. The fourth-order valence-corrected chi connectivity index (χ4v) is 3.52. The second kappa shape index (κ2) is 7.87. The highest BCUT2D eigenvalue weighted by molar-refractivity contribution is 5.86. The summed E-state index contributed by atoms with van der Waals surface area (Å²) in [5.74, 6) is 2.20. The lowest BCUT2D eigenvalue weighted by atomic mass is 9.94. The van der Waals surface area contributed by atoms with Crippen molar-refractivity contribution >= 4 is 5.95 Å². The van der Waals surface area contributed by atoms with Crippen LogP contribution in [0.2, 0.25) is 0 Å². The smallest absolute Gasteiger partial charge is 0.220 e. The highest BCUT2D eigenvalue weighted by Crippen LogP contribution is 2.42. The van der Waals surface area contributed by atoms with E-state index >= 15 is 0 Å². The lowest BCUT2D eigenvalue weighted by Crippen LogP contribution is -2.15. The summed E-state index contributed by atoms with van der Waals surface area (Å²) in [5, 5.41) is 10.8. The lowest BCUT2D eigenvalue weighted by molar-refractivity contribution is 0.171. The number of hydrogen-bond donors (Lipinski definition) is 2. The van der Waals surface area contributed by atoms with Crippen LogP contribution in [0.5, 0.6) is 23.0 Å². The van der Waals surface area contributed by atoms with Crippen LogP contribution in [0.25, 0.3) is 22.4 Å². The molecular formula is C22H23N3O4. The molecule has 1 aliphatic rings. The van der Waals surface area contributed by atoms with Crippen LogP contribution in [-0.4, -0.2) is 35.4 Å². The monoisotopic (exact) mass is 393 g/mol. The van der Waals surface area contributed by atoms with E-state index in [1.165, 1.54) is 0 Å². The van der Waals surface area contributed by atoms with E-state index in [9.17, 15) is 5.11 Å². The highest BCUT2D eigenvalue weighted by Gasteiger charge is 2.21. The Morgan fingerprint density at radius 3 is 2.69 bits per heavy atom. The molecule has 2 aromatic carbocycles. The summed E-state index contributed by atoms with van der Waals surface area (Å²) in [7, 11) is 1.58. The Balaban J connectivity index is 1.91. The molecule has 2 heterocycles. The zero-order valence-corrected chi connectivity index (χ0v) is 16.4. The van der Waals surface area contributed by atoms with Gasteiger partial charge in [-0.1, -0.05) is 19.4 Å². The van der Waals surface area contributed by atoms with E-state index < -0.39 is 0 Å². The first kappa shape index (κ1) is 18.9. The maximum absolute atomic E-state index is 10.8. The van der Waals surface area contributed by atoms with E-state index in [4.69, 9.17) is 19.9 Å². The van der Waals surface area contributed by atoms with Gasteiger partial charge in [-0.3, -0.25) is 0 Å². The van der Waals surface area contributed by atoms with E-state index in [-0.39, 0.29) is 11.7 Å². The van der Waals surface area contributed by atoms with Gasteiger partial charge in [0.1, 0.15) is 24.7 Å². The molecule has 4 rings (SSSR count). The molecule has 0 unspecified atom stereocenters. The van der Waals surface area contributed by atoms with Crippen LogP contribution in [0.3, 0.4) is 0 Å². The molecule has 29 heavy (non-hydrogen) atoms. The van der Waals surface area contributed by atoms with Crippen LogP contribution in [0.15, 0.2) is 36.5 Å². The van der Waals surface area contributed by atoms with E-state index in [0.29, 0.717) is 41.7 Å². The summed E-state index contributed by atoms with van der Waals surface area (Å²) in [6.45, 7) is 3.11. The largest absolute Gasteiger partial charge is 0.507 e. The van der Waals surface area contributed by atoms with Gasteiger partial charge in [0.05, 0.1) is 12.8 Å². The maximum Gasteiger partial charge on any atom is 0.220 e. The van der Waals surface area contributed by atoms with Gasteiger partial charge in [0, 0.05) is 23.4 Å². The van der Waals surface area contributed by atoms with Crippen molar-refractivity contribution in [3.8, 4) is 45.4 Å². The van der Waals surface area contributed by atoms with Crippen molar-refractivity contribution in [3.05, 3.63) is 42.1 Å². The third-order valence-corrected chi connectivity index (χ3v) is 4.83. The molecule has 0 spiro atoms. The van der Waals surface area contributed by atoms with Crippen LogP contribution < -0.4 is 19.9 Å². The highest BCUT2D eigenvalue weighted by atomic mass is 16.6. The Morgan fingerprint density at radius 2 is 1.93 bits per heavy atom.